The van der Waals surface area contributed by atoms with Gasteiger partial charge < -0.3 is 10.1 Å². The van der Waals surface area contributed by atoms with Crippen molar-refractivity contribution in [2.45, 2.75) is 13.8 Å². The fraction of sp³-hybridized carbons (Fsp3) is 0.231. The Labute approximate surface area is 119 Å². The standard InChI is InChI=1S/C13H13N3O3S/c1-8-4-3-5-10(6-8)14-11(17)7-19-13(18)12-9(2)15-16-20-12/h3-6H,7H2,1-2H3,(H,14,17). The summed E-state index contributed by atoms with van der Waals surface area (Å²) in [6, 6.07) is 7.36. The van der Waals surface area contributed by atoms with Crippen molar-refractivity contribution in [3.05, 3.63) is 40.4 Å². The van der Waals surface area contributed by atoms with Crippen molar-refractivity contribution in [2.24, 2.45) is 0 Å². The number of nitrogens with zero attached hydrogens (tertiary/aromatic N) is 2. The normalized spacial score (nSPS) is 10.1. The van der Waals surface area contributed by atoms with Gasteiger partial charge in [-0.15, -0.1) is 5.10 Å². The number of ether oxygens (including phenoxy) is 1. The lowest BCUT2D eigenvalue weighted by atomic mass is 10.2. The summed E-state index contributed by atoms with van der Waals surface area (Å²) in [6.45, 7) is 3.24. The van der Waals surface area contributed by atoms with Crippen LogP contribution in [0.2, 0.25) is 0 Å². The van der Waals surface area contributed by atoms with Gasteiger partial charge >= 0.3 is 5.97 Å². The number of anilines is 1. The van der Waals surface area contributed by atoms with Crippen LogP contribution in [-0.2, 0) is 9.53 Å². The number of esters is 1. The Balaban J connectivity index is 1.87. The van der Waals surface area contributed by atoms with E-state index < -0.39 is 5.97 Å². The smallest absolute Gasteiger partial charge is 0.352 e. The summed E-state index contributed by atoms with van der Waals surface area (Å²) >= 11 is 0.948. The predicted molar refractivity (Wildman–Crippen MR) is 74.7 cm³/mol. The van der Waals surface area contributed by atoms with Gasteiger partial charge in [0.25, 0.3) is 5.91 Å². The van der Waals surface area contributed by atoms with Crippen LogP contribution in [-0.4, -0.2) is 28.1 Å². The van der Waals surface area contributed by atoms with Crippen LogP contribution in [0.15, 0.2) is 24.3 Å². The molecule has 0 atom stereocenters. The number of aromatic nitrogens is 2. The molecule has 1 amide bonds. The molecule has 0 saturated carbocycles. The van der Waals surface area contributed by atoms with E-state index in [2.05, 4.69) is 14.9 Å². The number of nitrogens with one attached hydrogen (secondary N) is 1. The molecule has 7 heteroatoms. The van der Waals surface area contributed by atoms with E-state index in [4.69, 9.17) is 4.74 Å². The van der Waals surface area contributed by atoms with Gasteiger partial charge in [-0.1, -0.05) is 16.6 Å². The van der Waals surface area contributed by atoms with Crippen molar-refractivity contribution in [3.63, 3.8) is 0 Å². The van der Waals surface area contributed by atoms with Crippen molar-refractivity contribution in [1.29, 1.82) is 0 Å². The lowest BCUT2D eigenvalue weighted by Gasteiger charge is -2.06. The maximum atomic E-state index is 11.7. The molecule has 0 bridgehead atoms. The van der Waals surface area contributed by atoms with E-state index >= 15 is 0 Å². The van der Waals surface area contributed by atoms with Crippen LogP contribution < -0.4 is 5.32 Å². The first-order chi connectivity index (χ1) is 9.56. The van der Waals surface area contributed by atoms with Crippen molar-refractivity contribution in [2.75, 3.05) is 11.9 Å². The molecule has 1 heterocycles. The summed E-state index contributed by atoms with van der Waals surface area (Å²) in [6.07, 6.45) is 0. The molecule has 2 rings (SSSR count). The molecular weight excluding hydrogens is 278 g/mol. The third kappa shape index (κ3) is 3.61. The summed E-state index contributed by atoms with van der Waals surface area (Å²) in [5.74, 6) is -0.976. The summed E-state index contributed by atoms with van der Waals surface area (Å²) in [7, 11) is 0. The fourth-order valence-electron chi connectivity index (χ4n) is 1.54. The van der Waals surface area contributed by atoms with Crippen molar-refractivity contribution < 1.29 is 14.3 Å². The minimum absolute atomic E-state index is 0.313. The Bertz CT molecular complexity index is 639. The second-order valence-corrected chi connectivity index (χ2v) is 4.94. The lowest BCUT2D eigenvalue weighted by molar-refractivity contribution is -0.119. The van der Waals surface area contributed by atoms with Gasteiger partial charge in [0.15, 0.2) is 11.5 Å². The maximum Gasteiger partial charge on any atom is 0.352 e. The summed E-state index contributed by atoms with van der Waals surface area (Å²) in [5.41, 5.74) is 2.20. The number of carbonyl (C=O) groups excluding carboxylic acids is 2. The summed E-state index contributed by atoms with van der Waals surface area (Å²) in [4.78, 5) is 23.6. The molecule has 0 fully saturated rings. The molecule has 20 heavy (non-hydrogen) atoms. The van der Waals surface area contributed by atoms with Gasteiger partial charge in [-0.2, -0.15) is 0 Å². The average Bonchev–Trinajstić information content (AvgIpc) is 2.82. The quantitative estimate of drug-likeness (QED) is 0.871. The average molecular weight is 291 g/mol. The number of aryl methyl sites for hydroxylation is 2. The van der Waals surface area contributed by atoms with Crippen LogP contribution in [0.5, 0.6) is 0 Å². The number of hydrogen-bond acceptors (Lipinski definition) is 6. The number of carbonyl (C=O) groups is 2. The Morgan fingerprint density at radius 3 is 2.80 bits per heavy atom. The molecule has 0 radical (unpaired) electrons. The second-order valence-electron chi connectivity index (χ2n) is 4.18. The van der Waals surface area contributed by atoms with Crippen LogP contribution >= 0.6 is 11.5 Å². The number of rotatable bonds is 4. The van der Waals surface area contributed by atoms with Gasteiger partial charge in [0.1, 0.15) is 0 Å². The van der Waals surface area contributed by atoms with Crippen LogP contribution in [0.25, 0.3) is 0 Å². The van der Waals surface area contributed by atoms with Crippen LogP contribution in [0.3, 0.4) is 0 Å². The first-order valence-corrected chi connectivity index (χ1v) is 6.66. The van der Waals surface area contributed by atoms with E-state index in [1.165, 1.54) is 0 Å². The van der Waals surface area contributed by atoms with Crippen LogP contribution in [0.4, 0.5) is 5.69 Å². The van der Waals surface area contributed by atoms with Crippen molar-refractivity contribution in [3.8, 4) is 0 Å². The molecule has 0 aliphatic heterocycles. The molecule has 0 aliphatic carbocycles. The third-order valence-electron chi connectivity index (χ3n) is 2.47. The van der Waals surface area contributed by atoms with Gasteiger partial charge in [0, 0.05) is 5.69 Å². The van der Waals surface area contributed by atoms with Gasteiger partial charge in [-0.25, -0.2) is 4.79 Å². The number of benzene rings is 1. The largest absolute Gasteiger partial charge is 0.451 e. The van der Waals surface area contributed by atoms with E-state index in [1.807, 2.05) is 25.1 Å². The zero-order chi connectivity index (χ0) is 14.5. The highest BCUT2D eigenvalue weighted by atomic mass is 32.1. The fourth-order valence-corrected chi connectivity index (χ4v) is 2.09. The molecule has 1 aromatic carbocycles. The highest BCUT2D eigenvalue weighted by molar-refractivity contribution is 7.07. The van der Waals surface area contributed by atoms with E-state index in [9.17, 15) is 9.59 Å². The molecule has 2 aromatic rings. The van der Waals surface area contributed by atoms with Crippen LogP contribution in [0, 0.1) is 13.8 Å². The number of hydrogen-bond donors (Lipinski definition) is 1. The molecule has 0 aliphatic rings. The van der Waals surface area contributed by atoms with E-state index in [-0.39, 0.29) is 12.5 Å². The van der Waals surface area contributed by atoms with Gasteiger partial charge in [0.05, 0.1) is 5.69 Å². The lowest BCUT2D eigenvalue weighted by Crippen LogP contribution is -2.20. The Morgan fingerprint density at radius 2 is 2.15 bits per heavy atom. The molecule has 1 aromatic heterocycles. The molecule has 0 spiro atoms. The first-order valence-electron chi connectivity index (χ1n) is 5.89. The summed E-state index contributed by atoms with van der Waals surface area (Å²) in [5, 5.41) is 6.36. The Morgan fingerprint density at radius 1 is 1.35 bits per heavy atom. The van der Waals surface area contributed by atoms with Gasteiger partial charge in [-0.3, -0.25) is 4.79 Å². The zero-order valence-corrected chi connectivity index (χ0v) is 11.9. The molecule has 6 nitrogen and oxygen atoms in total. The van der Waals surface area contributed by atoms with E-state index in [0.717, 1.165) is 17.1 Å². The summed E-state index contributed by atoms with van der Waals surface area (Å²) < 4.78 is 8.55. The molecule has 0 saturated heterocycles. The Hall–Kier alpha value is -2.28. The second kappa shape index (κ2) is 6.25. The molecule has 0 unspecified atom stereocenters. The highest BCUT2D eigenvalue weighted by Gasteiger charge is 2.16. The minimum atomic E-state index is -0.586. The molecule has 104 valence electrons. The van der Waals surface area contributed by atoms with E-state index in [1.54, 1.807) is 13.0 Å². The monoisotopic (exact) mass is 291 g/mol. The van der Waals surface area contributed by atoms with E-state index in [0.29, 0.717) is 16.3 Å². The topological polar surface area (TPSA) is 81.2 Å². The van der Waals surface area contributed by atoms with Crippen LogP contribution in [0.1, 0.15) is 20.9 Å². The third-order valence-corrected chi connectivity index (χ3v) is 3.28. The zero-order valence-electron chi connectivity index (χ0n) is 11.0. The minimum Gasteiger partial charge on any atom is -0.451 e. The first kappa shape index (κ1) is 14.1. The molecular formula is C13H13N3O3S. The highest BCUT2D eigenvalue weighted by Crippen LogP contribution is 2.11. The van der Waals surface area contributed by atoms with Gasteiger partial charge in [0.2, 0.25) is 0 Å². The SMILES string of the molecule is Cc1cccc(NC(=O)COC(=O)c2snnc2C)c1. The van der Waals surface area contributed by atoms with Crippen molar-refractivity contribution >= 4 is 29.1 Å². The number of amides is 1. The Kier molecular flexibility index (Phi) is 4.41. The maximum absolute atomic E-state index is 11.7. The predicted octanol–water partition coefficient (Wildman–Crippen LogP) is 1.95. The molecule has 1 N–H and O–H groups in total. The van der Waals surface area contributed by atoms with Gasteiger partial charge in [-0.05, 0) is 43.1 Å². The van der Waals surface area contributed by atoms with Crippen molar-refractivity contribution in [1.82, 2.24) is 9.59 Å².